The Morgan fingerprint density at radius 2 is 1.88 bits per heavy atom. The van der Waals surface area contributed by atoms with Gasteiger partial charge in [-0.25, -0.2) is 9.59 Å². The van der Waals surface area contributed by atoms with Crippen molar-refractivity contribution in [3.63, 3.8) is 0 Å². The smallest absolute Gasteiger partial charge is 0.404 e. The third-order valence-electron chi connectivity index (χ3n) is 6.71. The predicted octanol–water partition coefficient (Wildman–Crippen LogP) is 4.35. The number of anilines is 1. The molecule has 1 aliphatic carbocycles. The zero-order valence-corrected chi connectivity index (χ0v) is 21.7. The van der Waals surface area contributed by atoms with Gasteiger partial charge in [0.05, 0.1) is 0 Å². The van der Waals surface area contributed by atoms with Crippen molar-refractivity contribution in [2.24, 2.45) is 5.92 Å². The summed E-state index contributed by atoms with van der Waals surface area (Å²) in [5, 5.41) is 15.1. The molecule has 0 spiro atoms. The number of likely N-dealkylation sites (N-methyl/N-ethyl adjacent to an activating group) is 3. The molecular weight excluding hydrogens is 454 g/mol. The monoisotopic (exact) mass is 495 g/mol. The number of halogens is 1. The number of benzene rings is 1. The molecule has 3 amide bonds. The molecule has 3 N–H and O–H groups in total. The third kappa shape index (κ3) is 9.58. The second-order valence-corrected chi connectivity index (χ2v) is 9.76. The summed E-state index contributed by atoms with van der Waals surface area (Å²) in [4.78, 5) is 29.8. The molecule has 0 bridgehead atoms. The van der Waals surface area contributed by atoms with Gasteiger partial charge >= 0.3 is 12.1 Å². The van der Waals surface area contributed by atoms with Crippen LogP contribution in [0.5, 0.6) is 0 Å². The molecule has 0 radical (unpaired) electrons. The van der Waals surface area contributed by atoms with Crippen LogP contribution in [0.25, 0.3) is 0 Å². The van der Waals surface area contributed by atoms with Crippen LogP contribution < -0.4 is 15.5 Å². The number of carboxylic acid groups (broad SMARTS) is 1. The summed E-state index contributed by atoms with van der Waals surface area (Å²) >= 11 is 6.20. The molecule has 1 atom stereocenters. The van der Waals surface area contributed by atoms with Crippen molar-refractivity contribution in [1.82, 2.24) is 20.4 Å². The lowest BCUT2D eigenvalue weighted by atomic mass is 9.84. The number of carbonyl (C=O) groups excluding carboxylic acids is 1. The first-order valence-electron chi connectivity index (χ1n) is 12.4. The fourth-order valence-electron chi connectivity index (χ4n) is 4.72. The first-order valence-corrected chi connectivity index (χ1v) is 12.8. The lowest BCUT2D eigenvalue weighted by Crippen LogP contribution is -2.50. The number of carbonyl (C=O) groups is 2. The minimum Gasteiger partial charge on any atom is -0.465 e. The van der Waals surface area contributed by atoms with E-state index in [1.54, 1.807) is 4.90 Å². The zero-order valence-electron chi connectivity index (χ0n) is 20.9. The van der Waals surface area contributed by atoms with Crippen molar-refractivity contribution in [3.05, 3.63) is 29.3 Å². The molecule has 0 heterocycles. The van der Waals surface area contributed by atoms with Crippen molar-refractivity contribution in [2.45, 2.75) is 51.0 Å². The van der Waals surface area contributed by atoms with Crippen molar-refractivity contribution < 1.29 is 14.7 Å². The summed E-state index contributed by atoms with van der Waals surface area (Å²) in [6.07, 6.45) is 7.15. The number of hydrogen-bond donors (Lipinski definition) is 3. The van der Waals surface area contributed by atoms with Crippen LogP contribution in [-0.4, -0.2) is 86.9 Å². The van der Waals surface area contributed by atoms with E-state index in [0.29, 0.717) is 43.5 Å². The van der Waals surface area contributed by atoms with Crippen LogP contribution in [0.1, 0.15) is 44.9 Å². The molecule has 1 aliphatic rings. The standard InChI is InChI=1S/C25H42ClN5O3/c1-27-19-23(17-20-9-5-4-6-10-20)30(3)25(34)29(2)15-16-31(14-8-13-28-24(32)33)22-12-7-11-21(26)18-22/h7,11-12,18,20,23,27-28H,4-6,8-10,13-17,19H2,1-3H3,(H,32,33). The minimum atomic E-state index is -1.02. The topological polar surface area (TPSA) is 88.2 Å². The third-order valence-corrected chi connectivity index (χ3v) is 6.94. The molecule has 1 aromatic rings. The average molecular weight is 496 g/mol. The Morgan fingerprint density at radius 3 is 2.53 bits per heavy atom. The Balaban J connectivity index is 1.96. The molecule has 1 aromatic carbocycles. The fraction of sp³-hybridized carbons (Fsp3) is 0.680. The van der Waals surface area contributed by atoms with Gasteiger partial charge in [-0.1, -0.05) is 49.8 Å². The minimum absolute atomic E-state index is 0.0228. The van der Waals surface area contributed by atoms with Gasteiger partial charge in [-0.2, -0.15) is 0 Å². The number of nitrogens with zero attached hydrogens (tertiary/aromatic N) is 3. The van der Waals surface area contributed by atoms with Crippen LogP contribution in [-0.2, 0) is 0 Å². The molecule has 9 heteroatoms. The molecule has 1 fully saturated rings. The van der Waals surface area contributed by atoms with Gasteiger partial charge in [0.2, 0.25) is 0 Å². The highest BCUT2D eigenvalue weighted by molar-refractivity contribution is 6.30. The zero-order chi connectivity index (χ0) is 24.9. The molecule has 1 unspecified atom stereocenters. The summed E-state index contributed by atoms with van der Waals surface area (Å²) < 4.78 is 0. The maximum atomic E-state index is 13.2. The molecule has 34 heavy (non-hydrogen) atoms. The maximum Gasteiger partial charge on any atom is 0.404 e. The van der Waals surface area contributed by atoms with E-state index in [1.165, 1.54) is 32.1 Å². The summed E-state index contributed by atoms with van der Waals surface area (Å²) in [5.74, 6) is 0.699. The van der Waals surface area contributed by atoms with E-state index in [0.717, 1.165) is 18.7 Å². The largest absolute Gasteiger partial charge is 0.465 e. The predicted molar refractivity (Wildman–Crippen MR) is 139 cm³/mol. The quantitative estimate of drug-likeness (QED) is 0.354. The average Bonchev–Trinajstić information content (AvgIpc) is 2.82. The van der Waals surface area contributed by atoms with Gasteiger partial charge < -0.3 is 30.4 Å². The summed E-state index contributed by atoms with van der Waals surface area (Å²) in [6.45, 7) is 3.00. The Labute approximate surface area is 209 Å². The molecule has 2 rings (SSSR count). The number of nitrogens with one attached hydrogen (secondary N) is 2. The van der Waals surface area contributed by atoms with Gasteiger partial charge in [0.15, 0.2) is 0 Å². The Kier molecular flexibility index (Phi) is 12.3. The fourth-order valence-corrected chi connectivity index (χ4v) is 4.91. The van der Waals surface area contributed by atoms with Crippen molar-refractivity contribution >= 4 is 29.4 Å². The highest BCUT2D eigenvalue weighted by Gasteiger charge is 2.26. The van der Waals surface area contributed by atoms with Crippen LogP contribution in [0.15, 0.2) is 24.3 Å². The van der Waals surface area contributed by atoms with E-state index < -0.39 is 6.09 Å². The van der Waals surface area contributed by atoms with Gasteiger partial charge in [-0.15, -0.1) is 0 Å². The van der Waals surface area contributed by atoms with Gasteiger partial charge in [-0.3, -0.25) is 0 Å². The lowest BCUT2D eigenvalue weighted by molar-refractivity contribution is 0.143. The van der Waals surface area contributed by atoms with Crippen molar-refractivity contribution in [2.75, 3.05) is 58.8 Å². The van der Waals surface area contributed by atoms with Crippen molar-refractivity contribution in [3.8, 4) is 0 Å². The first kappa shape index (κ1) is 28.1. The van der Waals surface area contributed by atoms with E-state index >= 15 is 0 Å². The summed E-state index contributed by atoms with van der Waals surface area (Å²) in [6, 6.07) is 7.80. The van der Waals surface area contributed by atoms with E-state index in [1.807, 2.05) is 50.3 Å². The van der Waals surface area contributed by atoms with E-state index in [2.05, 4.69) is 15.5 Å². The van der Waals surface area contributed by atoms with Crippen LogP contribution in [0, 0.1) is 5.92 Å². The molecular formula is C25H42ClN5O3. The molecule has 0 aliphatic heterocycles. The number of hydrogen-bond acceptors (Lipinski definition) is 4. The Morgan fingerprint density at radius 1 is 1.15 bits per heavy atom. The second-order valence-electron chi connectivity index (χ2n) is 9.32. The van der Waals surface area contributed by atoms with E-state index in [9.17, 15) is 9.59 Å². The summed E-state index contributed by atoms with van der Waals surface area (Å²) in [7, 11) is 5.70. The first-order chi connectivity index (χ1) is 16.3. The van der Waals surface area contributed by atoms with Crippen LogP contribution in [0.3, 0.4) is 0 Å². The second kappa shape index (κ2) is 14.9. The molecule has 192 valence electrons. The van der Waals surface area contributed by atoms with Crippen molar-refractivity contribution in [1.29, 1.82) is 0 Å². The number of rotatable bonds is 13. The summed E-state index contributed by atoms with van der Waals surface area (Å²) in [5.41, 5.74) is 0.961. The van der Waals surface area contributed by atoms with E-state index in [-0.39, 0.29) is 12.1 Å². The Bertz CT molecular complexity index is 760. The number of amides is 3. The normalized spacial score (nSPS) is 14.9. The molecule has 0 saturated heterocycles. The van der Waals surface area contributed by atoms with Gasteiger partial charge in [0.25, 0.3) is 0 Å². The highest BCUT2D eigenvalue weighted by Crippen LogP contribution is 2.28. The van der Waals surface area contributed by atoms with Crippen LogP contribution >= 0.6 is 11.6 Å². The number of urea groups is 1. The van der Waals surface area contributed by atoms with E-state index in [4.69, 9.17) is 16.7 Å². The highest BCUT2D eigenvalue weighted by atomic mass is 35.5. The SMILES string of the molecule is CNCC(CC1CCCCC1)N(C)C(=O)N(C)CCN(CCCNC(=O)O)c1cccc(Cl)c1. The molecule has 8 nitrogen and oxygen atoms in total. The van der Waals surface area contributed by atoms with Crippen LogP contribution in [0.4, 0.5) is 15.3 Å². The van der Waals surface area contributed by atoms with Gasteiger partial charge in [-0.05, 0) is 44.0 Å². The van der Waals surface area contributed by atoms with Gasteiger partial charge in [0.1, 0.15) is 0 Å². The maximum absolute atomic E-state index is 13.2. The Hall–Kier alpha value is -2.19. The van der Waals surface area contributed by atoms with Gasteiger partial charge in [0, 0.05) is 63.6 Å². The lowest BCUT2D eigenvalue weighted by Gasteiger charge is -2.35. The molecule has 1 saturated carbocycles. The van der Waals surface area contributed by atoms with Crippen LogP contribution in [0.2, 0.25) is 5.02 Å². The molecule has 0 aromatic heterocycles.